The molecule has 1 N–H and O–H groups in total. The number of aliphatic imine (C=N–C) groups is 1. The number of ether oxygens (including phenoxy) is 2. The monoisotopic (exact) mass is 530 g/mol. The van der Waals surface area contributed by atoms with Gasteiger partial charge in [-0.25, -0.2) is 0 Å². The number of piperazine rings is 1. The Bertz CT molecular complexity index is 699. The lowest BCUT2D eigenvalue weighted by Gasteiger charge is -2.37. The maximum absolute atomic E-state index is 12.5. The van der Waals surface area contributed by atoms with Crippen LogP contribution in [0.2, 0.25) is 0 Å². The van der Waals surface area contributed by atoms with E-state index in [1.165, 1.54) is 0 Å². The van der Waals surface area contributed by atoms with Crippen molar-refractivity contribution in [1.29, 1.82) is 0 Å². The van der Waals surface area contributed by atoms with Gasteiger partial charge in [-0.05, 0) is 24.8 Å². The number of carbonyl (C=O) groups excluding carboxylic acids is 1. The minimum Gasteiger partial charge on any atom is -0.493 e. The number of carbonyl (C=O) groups is 1. The Morgan fingerprint density at radius 2 is 1.93 bits per heavy atom. The summed E-state index contributed by atoms with van der Waals surface area (Å²) in [4.78, 5) is 21.1. The molecule has 2 aliphatic heterocycles. The lowest BCUT2D eigenvalue weighted by molar-refractivity contribution is -0.142. The van der Waals surface area contributed by atoms with Gasteiger partial charge in [0.2, 0.25) is 0 Å². The molecule has 0 radical (unpaired) electrons. The maximum atomic E-state index is 12.5. The summed E-state index contributed by atoms with van der Waals surface area (Å²) in [7, 11) is 1.80. The van der Waals surface area contributed by atoms with Crippen LogP contribution >= 0.6 is 24.0 Å². The number of guanidine groups is 1. The van der Waals surface area contributed by atoms with Crippen LogP contribution in [0.25, 0.3) is 0 Å². The van der Waals surface area contributed by atoms with Crippen molar-refractivity contribution in [2.24, 2.45) is 10.9 Å². The lowest BCUT2D eigenvalue weighted by atomic mass is 10.2. The summed E-state index contributed by atoms with van der Waals surface area (Å²) < 4.78 is 11.5. The first kappa shape index (κ1) is 24.7. The SMILES string of the molecule is CN=C(NCc1ccccc1OCC(C)C)N1CCN(C(=O)C2CCCO2)CC1.I. The van der Waals surface area contributed by atoms with E-state index in [9.17, 15) is 4.79 Å². The quantitative estimate of drug-likeness (QED) is 0.348. The van der Waals surface area contributed by atoms with E-state index in [1.807, 2.05) is 23.1 Å². The van der Waals surface area contributed by atoms with E-state index in [0.29, 0.717) is 38.8 Å². The van der Waals surface area contributed by atoms with Gasteiger partial charge in [0.1, 0.15) is 11.9 Å². The van der Waals surface area contributed by atoms with Gasteiger partial charge in [0.25, 0.3) is 5.91 Å². The molecule has 0 bridgehead atoms. The third-order valence-corrected chi connectivity index (χ3v) is 5.29. The Morgan fingerprint density at radius 3 is 2.57 bits per heavy atom. The molecule has 2 fully saturated rings. The standard InChI is InChI=1S/C22H34N4O3.HI/c1-17(2)16-29-19-8-5-4-7-18(19)15-24-22(23-3)26-12-10-25(11-13-26)21(27)20-9-6-14-28-20;/h4-5,7-8,17,20H,6,9-16H2,1-3H3,(H,23,24);1H. The molecule has 168 valence electrons. The van der Waals surface area contributed by atoms with Crippen LogP contribution in [0.4, 0.5) is 0 Å². The van der Waals surface area contributed by atoms with Crippen molar-refractivity contribution in [1.82, 2.24) is 15.1 Å². The fourth-order valence-electron chi connectivity index (χ4n) is 3.67. The van der Waals surface area contributed by atoms with Crippen LogP contribution in [-0.4, -0.2) is 74.2 Å². The van der Waals surface area contributed by atoms with Crippen molar-refractivity contribution in [2.75, 3.05) is 46.4 Å². The molecule has 2 saturated heterocycles. The fourth-order valence-corrected chi connectivity index (χ4v) is 3.67. The number of para-hydroxylation sites is 1. The van der Waals surface area contributed by atoms with Gasteiger partial charge in [-0.1, -0.05) is 32.0 Å². The highest BCUT2D eigenvalue weighted by Crippen LogP contribution is 2.19. The zero-order chi connectivity index (χ0) is 20.6. The molecule has 2 heterocycles. The molecule has 0 aromatic heterocycles. The summed E-state index contributed by atoms with van der Waals surface area (Å²) in [6, 6.07) is 8.11. The van der Waals surface area contributed by atoms with Crippen LogP contribution in [0.3, 0.4) is 0 Å². The number of benzene rings is 1. The predicted molar refractivity (Wildman–Crippen MR) is 130 cm³/mol. The van der Waals surface area contributed by atoms with Gasteiger partial charge >= 0.3 is 0 Å². The van der Waals surface area contributed by atoms with E-state index in [1.54, 1.807) is 7.05 Å². The largest absolute Gasteiger partial charge is 0.493 e. The predicted octanol–water partition coefficient (Wildman–Crippen LogP) is 2.74. The highest BCUT2D eigenvalue weighted by Gasteiger charge is 2.30. The molecule has 1 aromatic carbocycles. The van der Waals surface area contributed by atoms with Crippen molar-refractivity contribution in [2.45, 2.75) is 39.3 Å². The molecule has 8 heteroatoms. The summed E-state index contributed by atoms with van der Waals surface area (Å²) in [5.74, 6) is 2.39. The zero-order valence-electron chi connectivity index (χ0n) is 18.3. The molecule has 1 aromatic rings. The van der Waals surface area contributed by atoms with E-state index in [0.717, 1.165) is 43.2 Å². The number of halogens is 1. The third kappa shape index (κ3) is 6.73. The summed E-state index contributed by atoms with van der Waals surface area (Å²) in [6.45, 7) is 9.28. The fraction of sp³-hybridized carbons (Fsp3) is 0.636. The highest BCUT2D eigenvalue weighted by molar-refractivity contribution is 14.0. The maximum Gasteiger partial charge on any atom is 0.251 e. The molecule has 3 rings (SSSR count). The van der Waals surface area contributed by atoms with Gasteiger partial charge in [-0.15, -0.1) is 24.0 Å². The first-order valence-electron chi connectivity index (χ1n) is 10.6. The van der Waals surface area contributed by atoms with E-state index < -0.39 is 0 Å². The molecule has 0 saturated carbocycles. The number of hydrogen-bond donors (Lipinski definition) is 1. The van der Waals surface area contributed by atoms with Crippen LogP contribution in [0.1, 0.15) is 32.3 Å². The number of amides is 1. The minimum absolute atomic E-state index is 0. The molecule has 1 amide bonds. The first-order valence-corrected chi connectivity index (χ1v) is 10.6. The Morgan fingerprint density at radius 1 is 1.23 bits per heavy atom. The zero-order valence-corrected chi connectivity index (χ0v) is 20.6. The Labute approximate surface area is 197 Å². The van der Waals surface area contributed by atoms with E-state index >= 15 is 0 Å². The summed E-state index contributed by atoms with van der Waals surface area (Å²) in [6.07, 6.45) is 1.59. The second-order valence-corrected chi connectivity index (χ2v) is 8.03. The number of hydrogen-bond acceptors (Lipinski definition) is 4. The van der Waals surface area contributed by atoms with Gasteiger partial charge in [0, 0.05) is 51.9 Å². The van der Waals surface area contributed by atoms with Crippen molar-refractivity contribution in [3.63, 3.8) is 0 Å². The molecule has 1 unspecified atom stereocenters. The average molecular weight is 530 g/mol. The first-order chi connectivity index (χ1) is 14.1. The number of nitrogens with zero attached hydrogens (tertiary/aromatic N) is 3. The average Bonchev–Trinajstić information content (AvgIpc) is 3.28. The van der Waals surface area contributed by atoms with E-state index in [4.69, 9.17) is 9.47 Å². The molecule has 0 aliphatic carbocycles. The summed E-state index contributed by atoms with van der Waals surface area (Å²) >= 11 is 0. The van der Waals surface area contributed by atoms with Gasteiger partial charge in [0.15, 0.2) is 5.96 Å². The van der Waals surface area contributed by atoms with Crippen LogP contribution in [0.5, 0.6) is 5.75 Å². The molecule has 2 aliphatic rings. The molecular formula is C22H35IN4O3. The molecule has 1 atom stereocenters. The second-order valence-electron chi connectivity index (χ2n) is 8.03. The number of nitrogens with one attached hydrogen (secondary N) is 1. The van der Waals surface area contributed by atoms with Gasteiger partial charge in [-0.3, -0.25) is 9.79 Å². The van der Waals surface area contributed by atoms with Crippen molar-refractivity contribution in [3.8, 4) is 5.75 Å². The minimum atomic E-state index is -0.235. The van der Waals surface area contributed by atoms with Crippen LogP contribution in [-0.2, 0) is 16.1 Å². The molecule has 0 spiro atoms. The highest BCUT2D eigenvalue weighted by atomic mass is 127. The van der Waals surface area contributed by atoms with Crippen LogP contribution < -0.4 is 10.1 Å². The van der Waals surface area contributed by atoms with E-state index in [-0.39, 0.29) is 36.0 Å². The van der Waals surface area contributed by atoms with Gasteiger partial charge < -0.3 is 24.6 Å². The van der Waals surface area contributed by atoms with Crippen molar-refractivity contribution >= 4 is 35.8 Å². The molecular weight excluding hydrogens is 495 g/mol. The lowest BCUT2D eigenvalue weighted by Crippen LogP contribution is -2.55. The smallest absolute Gasteiger partial charge is 0.251 e. The normalized spacial score (nSPS) is 19.6. The third-order valence-electron chi connectivity index (χ3n) is 5.29. The van der Waals surface area contributed by atoms with Gasteiger partial charge in [0.05, 0.1) is 6.61 Å². The van der Waals surface area contributed by atoms with E-state index in [2.05, 4.69) is 35.1 Å². The summed E-state index contributed by atoms with van der Waals surface area (Å²) in [5, 5.41) is 3.45. The Hall–Kier alpha value is -1.55. The molecule has 30 heavy (non-hydrogen) atoms. The Kier molecular flexibility index (Phi) is 10.2. The topological polar surface area (TPSA) is 66.4 Å². The van der Waals surface area contributed by atoms with Crippen LogP contribution in [0, 0.1) is 5.92 Å². The van der Waals surface area contributed by atoms with Gasteiger partial charge in [-0.2, -0.15) is 0 Å². The van der Waals surface area contributed by atoms with Crippen molar-refractivity contribution < 1.29 is 14.3 Å². The second kappa shape index (κ2) is 12.3. The Balaban J connectivity index is 0.00000320. The van der Waals surface area contributed by atoms with Crippen LogP contribution in [0.15, 0.2) is 29.3 Å². The number of rotatable bonds is 6. The molecule has 7 nitrogen and oxygen atoms in total. The summed E-state index contributed by atoms with van der Waals surface area (Å²) in [5.41, 5.74) is 1.11. The van der Waals surface area contributed by atoms with Crippen molar-refractivity contribution in [3.05, 3.63) is 29.8 Å².